The first-order valence-corrected chi connectivity index (χ1v) is 8.72. The van der Waals surface area contributed by atoms with Crippen LogP contribution in [-0.2, 0) is 13.0 Å². The lowest BCUT2D eigenvalue weighted by Crippen LogP contribution is -2.10. The van der Waals surface area contributed by atoms with Crippen molar-refractivity contribution in [2.75, 3.05) is 18.2 Å². The molecule has 3 aromatic rings. The summed E-state index contributed by atoms with van der Waals surface area (Å²) in [6.45, 7) is 4.23. The Bertz CT molecular complexity index is 930. The maximum absolute atomic E-state index is 5.85. The van der Waals surface area contributed by atoms with Crippen molar-refractivity contribution in [1.82, 2.24) is 15.0 Å². The van der Waals surface area contributed by atoms with E-state index < -0.39 is 0 Å². The number of nitrogen functional groups attached to an aromatic ring is 1. The lowest BCUT2D eigenvalue weighted by atomic mass is 10.1. The molecule has 3 rings (SSSR count). The van der Waals surface area contributed by atoms with Gasteiger partial charge in [-0.3, -0.25) is 0 Å². The molecule has 0 amide bonds. The number of hydrogen-bond acceptors (Lipinski definition) is 7. The lowest BCUT2D eigenvalue weighted by molar-refractivity contribution is 0.276. The van der Waals surface area contributed by atoms with Gasteiger partial charge in [-0.2, -0.15) is 15.0 Å². The molecule has 7 nitrogen and oxygen atoms in total. The van der Waals surface area contributed by atoms with Crippen LogP contribution >= 0.6 is 0 Å². The van der Waals surface area contributed by atoms with Gasteiger partial charge in [-0.15, -0.1) is 0 Å². The maximum Gasteiger partial charge on any atom is 0.232 e. The molecule has 0 spiro atoms. The van der Waals surface area contributed by atoms with Crippen molar-refractivity contribution in [2.24, 2.45) is 0 Å². The van der Waals surface area contributed by atoms with Crippen LogP contribution in [0.4, 0.5) is 17.6 Å². The Hall–Kier alpha value is -3.35. The summed E-state index contributed by atoms with van der Waals surface area (Å²) in [4.78, 5) is 12.7. The third kappa shape index (κ3) is 4.63. The molecule has 0 bridgehead atoms. The third-order valence-electron chi connectivity index (χ3n) is 4.02. The van der Waals surface area contributed by atoms with Gasteiger partial charge in [-0.25, -0.2) is 0 Å². The predicted molar refractivity (Wildman–Crippen MR) is 105 cm³/mol. The van der Waals surface area contributed by atoms with Gasteiger partial charge in [0.25, 0.3) is 0 Å². The van der Waals surface area contributed by atoms with Gasteiger partial charge in [0.1, 0.15) is 6.61 Å². The van der Waals surface area contributed by atoms with Crippen LogP contribution in [0.2, 0.25) is 0 Å². The van der Waals surface area contributed by atoms with E-state index in [0.29, 0.717) is 23.3 Å². The first-order chi connectivity index (χ1) is 13.1. The van der Waals surface area contributed by atoms with E-state index in [1.165, 1.54) is 5.56 Å². The number of nitrogens with one attached hydrogen (secondary N) is 1. The summed E-state index contributed by atoms with van der Waals surface area (Å²) < 4.78 is 11.2. The number of methoxy groups -OCH3 is 1. The molecule has 0 fully saturated rings. The number of rotatable bonds is 7. The van der Waals surface area contributed by atoms with Crippen molar-refractivity contribution in [2.45, 2.75) is 26.9 Å². The Labute approximate surface area is 158 Å². The zero-order chi connectivity index (χ0) is 19.2. The van der Waals surface area contributed by atoms with E-state index in [-0.39, 0.29) is 12.6 Å². The van der Waals surface area contributed by atoms with Crippen LogP contribution in [-0.4, -0.2) is 22.1 Å². The van der Waals surface area contributed by atoms with Gasteiger partial charge in [0.2, 0.25) is 11.9 Å². The van der Waals surface area contributed by atoms with Gasteiger partial charge in [0, 0.05) is 5.69 Å². The highest BCUT2D eigenvalue weighted by atomic mass is 16.5. The number of hydrogen-bond donors (Lipinski definition) is 2. The number of aromatic nitrogens is 3. The van der Waals surface area contributed by atoms with Crippen molar-refractivity contribution < 1.29 is 9.47 Å². The monoisotopic (exact) mass is 365 g/mol. The molecule has 0 aliphatic heterocycles. The molecule has 27 heavy (non-hydrogen) atoms. The van der Waals surface area contributed by atoms with E-state index in [1.807, 2.05) is 43.3 Å². The Kier molecular flexibility index (Phi) is 5.71. The van der Waals surface area contributed by atoms with E-state index in [1.54, 1.807) is 7.11 Å². The Morgan fingerprint density at radius 2 is 1.85 bits per heavy atom. The number of ether oxygens (including phenoxy) is 2. The van der Waals surface area contributed by atoms with E-state index in [4.69, 9.17) is 15.2 Å². The molecule has 0 atom stereocenters. The lowest BCUT2D eigenvalue weighted by Gasteiger charge is -2.12. The average molecular weight is 365 g/mol. The van der Waals surface area contributed by atoms with Crippen molar-refractivity contribution in [3.8, 4) is 11.5 Å². The average Bonchev–Trinajstić information content (AvgIpc) is 2.67. The summed E-state index contributed by atoms with van der Waals surface area (Å²) in [5, 5.41) is 3.21. The standard InChI is InChI=1S/C20H23N5O2/c1-4-14-7-5-6-8-15(14)22-20-24-18(23-19(21)25-20)12-27-16-10-9-13(2)11-17(16)26-3/h5-11H,4,12H2,1-3H3,(H3,21,22,23,24,25). The molecule has 0 saturated heterocycles. The van der Waals surface area contributed by atoms with E-state index >= 15 is 0 Å². The number of para-hydroxylation sites is 1. The fraction of sp³-hybridized carbons (Fsp3) is 0.250. The van der Waals surface area contributed by atoms with Crippen LogP contribution in [0.25, 0.3) is 0 Å². The highest BCUT2D eigenvalue weighted by Gasteiger charge is 2.10. The topological polar surface area (TPSA) is 95.2 Å². The largest absolute Gasteiger partial charge is 0.493 e. The summed E-state index contributed by atoms with van der Waals surface area (Å²) in [7, 11) is 1.61. The van der Waals surface area contributed by atoms with Crippen LogP contribution in [0.1, 0.15) is 23.9 Å². The molecule has 1 heterocycles. The molecule has 1 aromatic heterocycles. The summed E-state index contributed by atoms with van der Waals surface area (Å²) in [6, 6.07) is 13.7. The van der Waals surface area contributed by atoms with Crippen molar-refractivity contribution in [3.05, 3.63) is 59.4 Å². The van der Waals surface area contributed by atoms with Crippen LogP contribution in [0.5, 0.6) is 11.5 Å². The zero-order valence-electron chi connectivity index (χ0n) is 15.7. The minimum absolute atomic E-state index is 0.135. The van der Waals surface area contributed by atoms with Gasteiger partial charge in [-0.1, -0.05) is 31.2 Å². The van der Waals surface area contributed by atoms with Gasteiger partial charge in [-0.05, 0) is 42.7 Å². The Morgan fingerprint density at radius 3 is 2.63 bits per heavy atom. The summed E-state index contributed by atoms with van der Waals surface area (Å²) in [5.41, 5.74) is 9.04. The van der Waals surface area contributed by atoms with Crippen LogP contribution in [0.3, 0.4) is 0 Å². The molecule has 0 unspecified atom stereocenters. The molecule has 0 aliphatic rings. The molecule has 3 N–H and O–H groups in total. The highest BCUT2D eigenvalue weighted by Crippen LogP contribution is 2.28. The molecule has 0 saturated carbocycles. The van der Waals surface area contributed by atoms with E-state index in [9.17, 15) is 0 Å². The first-order valence-electron chi connectivity index (χ1n) is 8.72. The third-order valence-corrected chi connectivity index (χ3v) is 4.02. The minimum atomic E-state index is 0.135. The van der Waals surface area contributed by atoms with Gasteiger partial charge in [0.15, 0.2) is 17.3 Å². The number of aryl methyl sites for hydroxylation is 2. The summed E-state index contributed by atoms with van der Waals surface area (Å²) >= 11 is 0. The normalized spacial score (nSPS) is 10.5. The van der Waals surface area contributed by atoms with Gasteiger partial charge >= 0.3 is 0 Å². The summed E-state index contributed by atoms with van der Waals surface area (Å²) in [5.74, 6) is 2.23. The minimum Gasteiger partial charge on any atom is -0.493 e. The van der Waals surface area contributed by atoms with Crippen LogP contribution < -0.4 is 20.5 Å². The number of nitrogens with two attached hydrogens (primary N) is 1. The molecule has 140 valence electrons. The Morgan fingerprint density at radius 1 is 1.04 bits per heavy atom. The number of nitrogens with zero attached hydrogens (tertiary/aromatic N) is 3. The second kappa shape index (κ2) is 8.35. The quantitative estimate of drug-likeness (QED) is 0.660. The highest BCUT2D eigenvalue weighted by molar-refractivity contribution is 5.58. The van der Waals surface area contributed by atoms with Gasteiger partial charge < -0.3 is 20.5 Å². The zero-order valence-corrected chi connectivity index (χ0v) is 15.7. The molecule has 0 radical (unpaired) electrons. The summed E-state index contributed by atoms with van der Waals surface area (Å²) in [6.07, 6.45) is 0.896. The molecule has 0 aliphatic carbocycles. The fourth-order valence-corrected chi connectivity index (χ4v) is 2.67. The smallest absolute Gasteiger partial charge is 0.232 e. The maximum atomic E-state index is 5.85. The molecule has 7 heteroatoms. The molecular weight excluding hydrogens is 342 g/mol. The predicted octanol–water partition coefficient (Wildman–Crippen LogP) is 3.66. The fourth-order valence-electron chi connectivity index (χ4n) is 2.67. The second-order valence-corrected chi connectivity index (χ2v) is 6.01. The number of anilines is 3. The molecule has 2 aromatic carbocycles. The van der Waals surface area contributed by atoms with Crippen molar-refractivity contribution in [3.63, 3.8) is 0 Å². The molecular formula is C20H23N5O2. The number of benzene rings is 2. The first kappa shape index (κ1) is 18.4. The van der Waals surface area contributed by atoms with E-state index in [0.717, 1.165) is 17.7 Å². The SMILES string of the molecule is CCc1ccccc1Nc1nc(N)nc(COc2ccc(C)cc2OC)n1. The van der Waals surface area contributed by atoms with Crippen molar-refractivity contribution >= 4 is 17.6 Å². The van der Waals surface area contributed by atoms with Crippen LogP contribution in [0.15, 0.2) is 42.5 Å². The second-order valence-electron chi connectivity index (χ2n) is 6.01. The van der Waals surface area contributed by atoms with Crippen LogP contribution in [0, 0.1) is 6.92 Å². The van der Waals surface area contributed by atoms with Gasteiger partial charge in [0.05, 0.1) is 7.11 Å². The van der Waals surface area contributed by atoms with E-state index in [2.05, 4.69) is 33.3 Å². The van der Waals surface area contributed by atoms with Crippen molar-refractivity contribution in [1.29, 1.82) is 0 Å². The Balaban J connectivity index is 1.78.